The van der Waals surface area contributed by atoms with Crippen molar-refractivity contribution >= 4 is 21.5 Å². The summed E-state index contributed by atoms with van der Waals surface area (Å²) < 4.78 is 26.2. The maximum absolute atomic E-state index is 11.2. The molecular formula is C36H44O6. The molecule has 0 aliphatic heterocycles. The highest BCUT2D eigenvalue weighted by Crippen LogP contribution is 2.50. The second kappa shape index (κ2) is 13.5. The molecule has 0 aromatic heterocycles. The number of aromatic hydroxyl groups is 2. The molecule has 0 heterocycles. The van der Waals surface area contributed by atoms with E-state index in [4.69, 9.17) is 18.9 Å². The highest BCUT2D eigenvalue weighted by atomic mass is 16.5. The van der Waals surface area contributed by atoms with E-state index in [0.29, 0.717) is 48.7 Å². The van der Waals surface area contributed by atoms with Crippen molar-refractivity contribution in [2.45, 2.75) is 79.1 Å². The lowest BCUT2D eigenvalue weighted by molar-refractivity contribution is 0.293. The van der Waals surface area contributed by atoms with E-state index in [9.17, 15) is 10.2 Å². The lowest BCUT2D eigenvalue weighted by atomic mass is 9.90. The van der Waals surface area contributed by atoms with Crippen LogP contribution in [-0.2, 0) is 0 Å². The second-order valence-electron chi connectivity index (χ2n) is 11.0. The van der Waals surface area contributed by atoms with Crippen LogP contribution in [0.5, 0.6) is 34.5 Å². The Hall–Kier alpha value is -3.80. The Morgan fingerprint density at radius 1 is 0.452 bits per heavy atom. The number of unbranched alkanes of at least 4 members (excludes halogenated alkanes) is 4. The zero-order chi connectivity index (χ0) is 29.6. The molecule has 4 aromatic carbocycles. The summed E-state index contributed by atoms with van der Waals surface area (Å²) in [7, 11) is 0. The van der Waals surface area contributed by atoms with E-state index < -0.39 is 0 Å². The van der Waals surface area contributed by atoms with Crippen molar-refractivity contribution in [3.8, 4) is 34.5 Å². The van der Waals surface area contributed by atoms with Gasteiger partial charge >= 0.3 is 0 Å². The number of fused-ring (bicyclic) bond motifs is 4. The van der Waals surface area contributed by atoms with Crippen molar-refractivity contribution in [2.75, 3.05) is 26.4 Å². The van der Waals surface area contributed by atoms with Gasteiger partial charge in [-0.05, 0) is 37.8 Å². The van der Waals surface area contributed by atoms with Gasteiger partial charge in [0.2, 0.25) is 0 Å². The number of hydrogen-bond donors (Lipinski definition) is 2. The molecule has 1 aliphatic carbocycles. The quantitative estimate of drug-likeness (QED) is 0.115. The summed E-state index contributed by atoms with van der Waals surface area (Å²) in [6.07, 6.45) is 7.57. The Bertz CT molecular complexity index is 1630. The first-order valence-corrected chi connectivity index (χ1v) is 15.7. The van der Waals surface area contributed by atoms with E-state index in [1.54, 1.807) is 12.1 Å². The first kappa shape index (κ1) is 29.7. The van der Waals surface area contributed by atoms with Crippen molar-refractivity contribution in [1.29, 1.82) is 0 Å². The number of rotatable bonds is 16. The SMILES string of the molecule is CCCCOc1c2c(c(OCCCC)c3c(O)cccc13)=c1c(OCCCC)c3c(O)cccc3c(OCCCC)c1=2. The minimum Gasteiger partial charge on any atom is -0.507 e. The van der Waals surface area contributed by atoms with Crippen LogP contribution in [0.3, 0.4) is 0 Å². The smallest absolute Gasteiger partial charge is 0.139 e. The minimum atomic E-state index is 0.145. The van der Waals surface area contributed by atoms with E-state index in [-0.39, 0.29) is 11.5 Å². The Balaban J connectivity index is 1.99. The molecule has 0 bridgehead atoms. The van der Waals surface area contributed by atoms with E-state index in [1.165, 1.54) is 0 Å². The molecule has 4 aromatic rings. The Morgan fingerprint density at radius 2 is 0.762 bits per heavy atom. The van der Waals surface area contributed by atoms with Gasteiger partial charge in [-0.3, -0.25) is 0 Å². The van der Waals surface area contributed by atoms with Crippen LogP contribution in [0.4, 0.5) is 0 Å². The monoisotopic (exact) mass is 572 g/mol. The summed E-state index contributed by atoms with van der Waals surface area (Å²) >= 11 is 0. The van der Waals surface area contributed by atoms with Gasteiger partial charge < -0.3 is 29.2 Å². The zero-order valence-corrected chi connectivity index (χ0v) is 25.5. The molecule has 42 heavy (non-hydrogen) atoms. The Kier molecular flexibility index (Phi) is 9.51. The molecular weight excluding hydrogens is 528 g/mol. The van der Waals surface area contributed by atoms with Crippen molar-refractivity contribution in [1.82, 2.24) is 0 Å². The molecule has 0 fully saturated rings. The first-order chi connectivity index (χ1) is 20.6. The van der Waals surface area contributed by atoms with Gasteiger partial charge in [0.05, 0.1) is 37.2 Å². The van der Waals surface area contributed by atoms with Crippen molar-refractivity contribution < 1.29 is 29.2 Å². The van der Waals surface area contributed by atoms with E-state index in [1.807, 2.05) is 24.3 Å². The summed E-state index contributed by atoms with van der Waals surface area (Å²) in [4.78, 5) is 0. The zero-order valence-electron chi connectivity index (χ0n) is 25.5. The third kappa shape index (κ3) is 5.28. The third-order valence-corrected chi connectivity index (χ3v) is 7.91. The summed E-state index contributed by atoms with van der Waals surface area (Å²) in [6.45, 7) is 10.7. The summed E-state index contributed by atoms with van der Waals surface area (Å²) in [5.74, 6) is 2.98. The molecule has 6 nitrogen and oxygen atoms in total. The molecule has 0 amide bonds. The summed E-state index contributed by atoms with van der Waals surface area (Å²) in [6, 6.07) is 11.1. The second-order valence-corrected chi connectivity index (χ2v) is 11.0. The number of phenolic OH excluding ortho intramolecular Hbond substituents is 2. The maximum atomic E-state index is 11.2. The van der Waals surface area contributed by atoms with Gasteiger partial charge in [-0.25, -0.2) is 0 Å². The summed E-state index contributed by atoms with van der Waals surface area (Å²) in [5, 5.41) is 28.9. The Labute approximate surface area is 247 Å². The lowest BCUT2D eigenvalue weighted by Gasteiger charge is -2.24. The molecule has 0 saturated heterocycles. The topological polar surface area (TPSA) is 77.4 Å². The van der Waals surface area contributed by atoms with Gasteiger partial charge in [-0.2, -0.15) is 0 Å². The van der Waals surface area contributed by atoms with Crippen molar-refractivity contribution in [3.05, 3.63) is 57.3 Å². The van der Waals surface area contributed by atoms with Crippen LogP contribution in [0.15, 0.2) is 36.4 Å². The molecule has 0 unspecified atom stereocenters. The standard InChI is InChI=1S/C36H44O6/c1-5-9-19-39-33-23-15-13-17-25(37)27(23)35(41-21-11-7-3)31-29(33)30-32(31)36(42-22-12-8-4)28-24(16-14-18-26(28)38)34(30)40-20-10-6-2/h13-18,37-38H,5-12,19-22H2,1-4H3. The third-order valence-electron chi connectivity index (χ3n) is 7.91. The van der Waals surface area contributed by atoms with Crippen LogP contribution in [0, 0.1) is 20.9 Å². The molecule has 6 heteroatoms. The normalized spacial score (nSPS) is 11.7. The van der Waals surface area contributed by atoms with Crippen LogP contribution in [0.25, 0.3) is 21.5 Å². The molecule has 224 valence electrons. The predicted molar refractivity (Wildman–Crippen MR) is 168 cm³/mol. The number of benzene rings is 4. The number of ether oxygens (including phenoxy) is 4. The highest BCUT2D eigenvalue weighted by Gasteiger charge is 2.28. The average molecular weight is 573 g/mol. The van der Waals surface area contributed by atoms with Crippen LogP contribution in [0.1, 0.15) is 79.1 Å². The van der Waals surface area contributed by atoms with Gasteiger partial charge in [0.25, 0.3) is 0 Å². The maximum Gasteiger partial charge on any atom is 0.139 e. The molecule has 5 rings (SSSR count). The fraction of sp³-hybridized carbons (Fsp3) is 0.444. The van der Waals surface area contributed by atoms with Gasteiger partial charge in [-0.15, -0.1) is 0 Å². The van der Waals surface area contributed by atoms with Gasteiger partial charge in [0, 0.05) is 31.6 Å². The Morgan fingerprint density at radius 3 is 1.10 bits per heavy atom. The fourth-order valence-corrected chi connectivity index (χ4v) is 5.66. The van der Waals surface area contributed by atoms with E-state index in [0.717, 1.165) is 94.5 Å². The molecule has 1 aliphatic rings. The lowest BCUT2D eigenvalue weighted by Crippen LogP contribution is -2.10. The molecule has 0 radical (unpaired) electrons. The largest absolute Gasteiger partial charge is 0.507 e. The minimum absolute atomic E-state index is 0.145. The van der Waals surface area contributed by atoms with Crippen LogP contribution in [-0.4, -0.2) is 36.6 Å². The fourth-order valence-electron chi connectivity index (χ4n) is 5.66. The molecule has 0 spiro atoms. The molecule has 0 atom stereocenters. The molecule has 2 N–H and O–H groups in total. The molecule has 0 saturated carbocycles. The van der Waals surface area contributed by atoms with Gasteiger partial charge in [0.15, 0.2) is 0 Å². The first-order valence-electron chi connectivity index (χ1n) is 15.7. The van der Waals surface area contributed by atoms with Gasteiger partial charge in [-0.1, -0.05) is 77.6 Å². The average Bonchev–Trinajstić information content (AvgIpc) is 2.97. The van der Waals surface area contributed by atoms with Gasteiger partial charge in [0.1, 0.15) is 34.5 Å². The highest BCUT2D eigenvalue weighted by molar-refractivity contribution is 6.02. The van der Waals surface area contributed by atoms with Crippen LogP contribution in [0.2, 0.25) is 0 Å². The summed E-state index contributed by atoms with van der Waals surface area (Å²) in [5.41, 5.74) is 0. The van der Waals surface area contributed by atoms with Crippen LogP contribution < -0.4 is 18.9 Å². The van der Waals surface area contributed by atoms with Crippen molar-refractivity contribution in [3.63, 3.8) is 0 Å². The van der Waals surface area contributed by atoms with Crippen LogP contribution >= 0.6 is 0 Å². The number of phenols is 2. The van der Waals surface area contributed by atoms with E-state index in [2.05, 4.69) is 27.7 Å². The predicted octanol–water partition coefficient (Wildman–Crippen LogP) is 9.01. The van der Waals surface area contributed by atoms with E-state index >= 15 is 0 Å². The van der Waals surface area contributed by atoms with Crippen molar-refractivity contribution in [2.24, 2.45) is 0 Å². The number of hydrogen-bond acceptors (Lipinski definition) is 6.